The number of methoxy groups -OCH3 is 1. The third-order valence-corrected chi connectivity index (χ3v) is 4.47. The van der Waals surface area contributed by atoms with E-state index in [4.69, 9.17) is 4.74 Å². The maximum Gasteiger partial charge on any atom is 0.278 e. The molecular formula is C21H21FN2O3. The lowest BCUT2D eigenvalue weighted by Crippen LogP contribution is -2.35. The van der Waals surface area contributed by atoms with Crippen molar-refractivity contribution in [3.05, 3.63) is 70.7 Å². The van der Waals surface area contributed by atoms with Crippen molar-refractivity contribution in [2.45, 2.75) is 13.8 Å². The SMILES string of the molecule is COCCN1C(=O)C(Nc2cc(C)ccc2C)=C(c2ccc(F)cc2)C1=O. The number of hydrogen-bond acceptors (Lipinski definition) is 4. The number of benzene rings is 2. The lowest BCUT2D eigenvalue weighted by molar-refractivity contribution is -0.137. The average molecular weight is 368 g/mol. The van der Waals surface area contributed by atoms with E-state index in [9.17, 15) is 14.0 Å². The Morgan fingerprint density at radius 2 is 1.74 bits per heavy atom. The van der Waals surface area contributed by atoms with Gasteiger partial charge in [0.1, 0.15) is 11.5 Å². The second-order valence-electron chi connectivity index (χ2n) is 6.46. The Labute approximate surface area is 157 Å². The minimum atomic E-state index is -0.420. The molecule has 0 radical (unpaired) electrons. The minimum Gasteiger partial charge on any atom is -0.383 e. The lowest BCUT2D eigenvalue weighted by atomic mass is 10.0. The Kier molecular flexibility index (Phi) is 5.37. The van der Waals surface area contributed by atoms with Gasteiger partial charge in [-0.05, 0) is 48.7 Å². The fourth-order valence-electron chi connectivity index (χ4n) is 2.97. The van der Waals surface area contributed by atoms with Crippen LogP contribution in [0.4, 0.5) is 10.1 Å². The summed E-state index contributed by atoms with van der Waals surface area (Å²) in [6.45, 7) is 4.26. The van der Waals surface area contributed by atoms with Gasteiger partial charge in [0.2, 0.25) is 0 Å². The predicted molar refractivity (Wildman–Crippen MR) is 101 cm³/mol. The van der Waals surface area contributed by atoms with Crippen LogP contribution in [0.5, 0.6) is 0 Å². The first-order valence-electron chi connectivity index (χ1n) is 8.62. The van der Waals surface area contributed by atoms with Crippen LogP contribution < -0.4 is 5.32 Å². The first kappa shape index (κ1) is 18.8. The topological polar surface area (TPSA) is 58.6 Å². The first-order chi connectivity index (χ1) is 12.9. The van der Waals surface area contributed by atoms with E-state index in [2.05, 4.69) is 5.32 Å². The minimum absolute atomic E-state index is 0.150. The van der Waals surface area contributed by atoms with E-state index < -0.39 is 17.6 Å². The van der Waals surface area contributed by atoms with Gasteiger partial charge in [-0.25, -0.2) is 4.39 Å². The second-order valence-corrected chi connectivity index (χ2v) is 6.46. The molecular weight excluding hydrogens is 347 g/mol. The molecule has 0 unspecified atom stereocenters. The summed E-state index contributed by atoms with van der Waals surface area (Å²) in [5.41, 5.74) is 3.64. The number of halogens is 1. The molecule has 0 saturated carbocycles. The van der Waals surface area contributed by atoms with E-state index in [1.807, 2.05) is 32.0 Å². The van der Waals surface area contributed by atoms with Gasteiger partial charge in [0, 0.05) is 12.8 Å². The number of ether oxygens (including phenoxy) is 1. The van der Waals surface area contributed by atoms with Gasteiger partial charge in [-0.1, -0.05) is 24.3 Å². The van der Waals surface area contributed by atoms with E-state index in [1.54, 1.807) is 0 Å². The van der Waals surface area contributed by atoms with Crippen LogP contribution in [0.1, 0.15) is 16.7 Å². The van der Waals surface area contributed by atoms with Crippen molar-refractivity contribution >= 4 is 23.1 Å². The highest BCUT2D eigenvalue weighted by atomic mass is 19.1. The number of nitrogens with one attached hydrogen (secondary N) is 1. The number of carbonyl (C=O) groups is 2. The molecule has 0 aromatic heterocycles. The first-order valence-corrected chi connectivity index (χ1v) is 8.62. The van der Waals surface area contributed by atoms with Crippen LogP contribution in [0, 0.1) is 19.7 Å². The molecule has 2 aromatic carbocycles. The van der Waals surface area contributed by atoms with Crippen LogP contribution in [-0.2, 0) is 14.3 Å². The normalized spacial score (nSPS) is 14.3. The number of hydrogen-bond donors (Lipinski definition) is 1. The van der Waals surface area contributed by atoms with E-state index in [0.717, 1.165) is 21.7 Å². The molecule has 0 bridgehead atoms. The molecule has 0 saturated heterocycles. The average Bonchev–Trinajstić information content (AvgIpc) is 2.87. The van der Waals surface area contributed by atoms with Gasteiger partial charge in [0.15, 0.2) is 0 Å². The molecule has 3 rings (SSSR count). The summed E-state index contributed by atoms with van der Waals surface area (Å²) in [7, 11) is 1.51. The number of rotatable bonds is 6. The molecule has 0 spiro atoms. The monoisotopic (exact) mass is 368 g/mol. The van der Waals surface area contributed by atoms with Gasteiger partial charge in [-0.2, -0.15) is 0 Å². The Hall–Kier alpha value is -2.99. The van der Waals surface area contributed by atoms with E-state index in [1.165, 1.54) is 31.4 Å². The molecule has 0 atom stereocenters. The van der Waals surface area contributed by atoms with Crippen LogP contribution in [0.3, 0.4) is 0 Å². The number of aryl methyl sites for hydroxylation is 2. The Morgan fingerprint density at radius 1 is 1.04 bits per heavy atom. The second kappa shape index (κ2) is 7.72. The van der Waals surface area contributed by atoms with Crippen molar-refractivity contribution in [2.24, 2.45) is 0 Å². The molecule has 1 aliphatic heterocycles. The van der Waals surface area contributed by atoms with Gasteiger partial charge in [-0.15, -0.1) is 0 Å². The largest absolute Gasteiger partial charge is 0.383 e. The number of amides is 2. The predicted octanol–water partition coefficient (Wildman–Crippen LogP) is 3.28. The molecule has 2 amide bonds. The zero-order valence-electron chi connectivity index (χ0n) is 15.5. The molecule has 27 heavy (non-hydrogen) atoms. The lowest BCUT2D eigenvalue weighted by Gasteiger charge is -2.15. The zero-order valence-corrected chi connectivity index (χ0v) is 15.5. The molecule has 5 nitrogen and oxygen atoms in total. The highest BCUT2D eigenvalue weighted by Crippen LogP contribution is 2.31. The van der Waals surface area contributed by atoms with E-state index in [-0.39, 0.29) is 24.4 Å². The zero-order chi connectivity index (χ0) is 19.6. The summed E-state index contributed by atoms with van der Waals surface area (Å²) >= 11 is 0. The standard InChI is InChI=1S/C21H21FN2O3/c1-13-4-5-14(2)17(12-13)23-19-18(15-6-8-16(22)9-7-15)20(25)24(21(19)26)10-11-27-3/h4-9,12,23H,10-11H2,1-3H3. The van der Waals surface area contributed by atoms with Gasteiger partial charge in [0.25, 0.3) is 11.8 Å². The van der Waals surface area contributed by atoms with Crippen LogP contribution in [0.2, 0.25) is 0 Å². The number of anilines is 1. The molecule has 6 heteroatoms. The third-order valence-electron chi connectivity index (χ3n) is 4.47. The van der Waals surface area contributed by atoms with Gasteiger partial charge >= 0.3 is 0 Å². The van der Waals surface area contributed by atoms with Crippen LogP contribution >= 0.6 is 0 Å². The van der Waals surface area contributed by atoms with Crippen molar-refractivity contribution in [3.63, 3.8) is 0 Å². The fourth-order valence-corrected chi connectivity index (χ4v) is 2.97. The number of nitrogens with zero attached hydrogens (tertiary/aromatic N) is 1. The maximum atomic E-state index is 13.3. The molecule has 0 fully saturated rings. The van der Waals surface area contributed by atoms with Crippen molar-refractivity contribution in [3.8, 4) is 0 Å². The van der Waals surface area contributed by atoms with Gasteiger partial charge < -0.3 is 10.1 Å². The molecule has 140 valence electrons. The van der Waals surface area contributed by atoms with Crippen LogP contribution in [0.15, 0.2) is 48.2 Å². The summed E-state index contributed by atoms with van der Waals surface area (Å²) in [5.74, 6) is -1.25. The number of imide groups is 1. The summed E-state index contributed by atoms with van der Waals surface area (Å²) in [6, 6.07) is 11.4. The summed E-state index contributed by atoms with van der Waals surface area (Å²) in [5, 5.41) is 3.13. The van der Waals surface area contributed by atoms with Crippen LogP contribution in [-0.4, -0.2) is 37.0 Å². The fraction of sp³-hybridized carbons (Fsp3) is 0.238. The third kappa shape index (κ3) is 3.75. The van der Waals surface area contributed by atoms with Crippen molar-refractivity contribution in [1.82, 2.24) is 4.90 Å². The van der Waals surface area contributed by atoms with E-state index in [0.29, 0.717) is 5.56 Å². The molecule has 1 N–H and O–H groups in total. The quantitative estimate of drug-likeness (QED) is 0.795. The highest BCUT2D eigenvalue weighted by molar-refractivity contribution is 6.36. The Morgan fingerprint density at radius 3 is 2.41 bits per heavy atom. The van der Waals surface area contributed by atoms with Crippen molar-refractivity contribution in [1.29, 1.82) is 0 Å². The van der Waals surface area contributed by atoms with Crippen molar-refractivity contribution < 1.29 is 18.7 Å². The van der Waals surface area contributed by atoms with Crippen molar-refractivity contribution in [2.75, 3.05) is 25.6 Å². The van der Waals surface area contributed by atoms with Gasteiger partial charge in [-0.3, -0.25) is 14.5 Å². The molecule has 0 aliphatic carbocycles. The number of carbonyl (C=O) groups excluding carboxylic acids is 2. The Bertz CT molecular complexity index is 920. The van der Waals surface area contributed by atoms with E-state index >= 15 is 0 Å². The summed E-state index contributed by atoms with van der Waals surface area (Å²) in [6.07, 6.45) is 0. The highest BCUT2D eigenvalue weighted by Gasteiger charge is 2.39. The summed E-state index contributed by atoms with van der Waals surface area (Å²) < 4.78 is 18.3. The smallest absolute Gasteiger partial charge is 0.278 e. The maximum absolute atomic E-state index is 13.3. The molecule has 1 aliphatic rings. The molecule has 1 heterocycles. The van der Waals surface area contributed by atoms with Crippen LogP contribution in [0.25, 0.3) is 5.57 Å². The van der Waals surface area contributed by atoms with Gasteiger partial charge in [0.05, 0.1) is 18.7 Å². The Balaban J connectivity index is 2.07. The molecule has 2 aromatic rings. The summed E-state index contributed by atoms with van der Waals surface area (Å²) in [4.78, 5) is 27.0.